The number of rotatable bonds is 7. The molecule has 0 aromatic rings. The van der Waals surface area contributed by atoms with Gasteiger partial charge < -0.3 is 4.74 Å². The molecule has 0 aliphatic rings. The number of allylic oxidation sites excluding steroid dienone is 1. The summed E-state index contributed by atoms with van der Waals surface area (Å²) in [6.45, 7) is 9.74. The summed E-state index contributed by atoms with van der Waals surface area (Å²) in [7, 11) is 0. The zero-order valence-corrected chi connectivity index (χ0v) is 9.86. The monoisotopic (exact) mass is 236 g/mol. The highest BCUT2D eigenvalue weighted by Gasteiger charge is 2.29. The minimum Gasteiger partial charge on any atom is -0.364 e. The molecule has 0 aromatic heterocycles. The lowest BCUT2D eigenvalue weighted by atomic mass is 10.0. The van der Waals surface area contributed by atoms with E-state index in [2.05, 4.69) is 13.2 Å². The molecule has 0 aliphatic carbocycles. The van der Waals surface area contributed by atoms with Crippen LogP contribution in [0.1, 0.15) is 33.1 Å². The van der Waals surface area contributed by atoms with Gasteiger partial charge >= 0.3 is 6.18 Å². The Kier molecular flexibility index (Phi) is 6.41. The van der Waals surface area contributed by atoms with E-state index in [-0.39, 0.29) is 0 Å². The fourth-order valence-corrected chi connectivity index (χ4v) is 1.26. The SMILES string of the molecule is C=C(C)CCCC(OCC(F)(F)F)C(=C)C. The van der Waals surface area contributed by atoms with Crippen molar-refractivity contribution < 1.29 is 17.9 Å². The minimum atomic E-state index is -4.28. The molecular formula is C12H19F3O. The minimum absolute atomic E-state index is 0.513. The Balaban J connectivity index is 3.99. The fourth-order valence-electron chi connectivity index (χ4n) is 1.26. The largest absolute Gasteiger partial charge is 0.411 e. The van der Waals surface area contributed by atoms with Crippen LogP contribution >= 0.6 is 0 Å². The summed E-state index contributed by atoms with van der Waals surface area (Å²) in [4.78, 5) is 0. The number of ether oxygens (including phenoxy) is 1. The van der Waals surface area contributed by atoms with Crippen LogP contribution in [-0.4, -0.2) is 18.9 Å². The molecule has 0 spiro atoms. The molecular weight excluding hydrogens is 217 g/mol. The van der Waals surface area contributed by atoms with Crippen molar-refractivity contribution >= 4 is 0 Å². The van der Waals surface area contributed by atoms with Gasteiger partial charge in [-0.3, -0.25) is 0 Å². The van der Waals surface area contributed by atoms with E-state index in [1.54, 1.807) is 6.92 Å². The molecule has 0 saturated carbocycles. The summed E-state index contributed by atoms with van der Waals surface area (Å²) in [6, 6.07) is 0. The van der Waals surface area contributed by atoms with E-state index in [9.17, 15) is 13.2 Å². The van der Waals surface area contributed by atoms with E-state index in [0.29, 0.717) is 12.0 Å². The molecule has 0 N–H and O–H groups in total. The molecule has 94 valence electrons. The second kappa shape index (κ2) is 6.74. The number of halogens is 3. The Morgan fingerprint density at radius 1 is 1.25 bits per heavy atom. The van der Waals surface area contributed by atoms with E-state index in [1.165, 1.54) is 0 Å². The third-order valence-corrected chi connectivity index (χ3v) is 2.07. The third-order valence-electron chi connectivity index (χ3n) is 2.07. The van der Waals surface area contributed by atoms with Crippen LogP contribution in [-0.2, 0) is 4.74 Å². The van der Waals surface area contributed by atoms with Crippen LogP contribution in [0.4, 0.5) is 13.2 Å². The number of hydrogen-bond acceptors (Lipinski definition) is 1. The lowest BCUT2D eigenvalue weighted by molar-refractivity contribution is -0.182. The molecule has 0 rings (SSSR count). The molecule has 0 heterocycles. The van der Waals surface area contributed by atoms with E-state index < -0.39 is 18.9 Å². The average molecular weight is 236 g/mol. The van der Waals surface area contributed by atoms with Gasteiger partial charge in [0.1, 0.15) is 6.61 Å². The smallest absolute Gasteiger partial charge is 0.364 e. The first kappa shape index (κ1) is 15.2. The zero-order valence-electron chi connectivity index (χ0n) is 9.86. The second-order valence-corrected chi connectivity index (χ2v) is 4.11. The average Bonchev–Trinajstić information content (AvgIpc) is 2.07. The predicted molar refractivity (Wildman–Crippen MR) is 59.3 cm³/mol. The maximum atomic E-state index is 12.0. The first-order valence-electron chi connectivity index (χ1n) is 5.20. The van der Waals surface area contributed by atoms with Gasteiger partial charge in [0.25, 0.3) is 0 Å². The maximum Gasteiger partial charge on any atom is 0.411 e. The predicted octanol–water partition coefficient (Wildman–Crippen LogP) is 4.26. The standard InChI is InChI=1S/C12H19F3O/c1-9(2)6-5-7-11(10(3)4)16-8-12(13,14)15/h11H,1,3,5-8H2,2,4H3. The Labute approximate surface area is 95.0 Å². The van der Waals surface area contributed by atoms with Crippen molar-refractivity contribution in [2.24, 2.45) is 0 Å². The van der Waals surface area contributed by atoms with Crippen LogP contribution in [0.5, 0.6) is 0 Å². The van der Waals surface area contributed by atoms with Crippen molar-refractivity contribution in [2.45, 2.75) is 45.4 Å². The van der Waals surface area contributed by atoms with Crippen molar-refractivity contribution in [3.05, 3.63) is 24.3 Å². The van der Waals surface area contributed by atoms with E-state index in [1.807, 2.05) is 6.92 Å². The topological polar surface area (TPSA) is 9.23 Å². The molecule has 16 heavy (non-hydrogen) atoms. The molecule has 1 nitrogen and oxygen atoms in total. The van der Waals surface area contributed by atoms with Crippen LogP contribution in [0.25, 0.3) is 0 Å². The first-order chi connectivity index (χ1) is 7.22. The van der Waals surface area contributed by atoms with Gasteiger partial charge in [-0.1, -0.05) is 17.7 Å². The van der Waals surface area contributed by atoms with Gasteiger partial charge in [-0.05, 0) is 33.1 Å². The van der Waals surface area contributed by atoms with Crippen LogP contribution in [0.15, 0.2) is 24.3 Å². The first-order valence-corrected chi connectivity index (χ1v) is 5.20. The summed E-state index contributed by atoms with van der Waals surface area (Å²) in [5.74, 6) is 0. The van der Waals surface area contributed by atoms with Gasteiger partial charge in [-0.25, -0.2) is 0 Å². The molecule has 0 radical (unpaired) electrons. The molecule has 0 aliphatic heterocycles. The van der Waals surface area contributed by atoms with Gasteiger partial charge in [-0.15, -0.1) is 6.58 Å². The van der Waals surface area contributed by atoms with Crippen molar-refractivity contribution in [3.63, 3.8) is 0 Å². The van der Waals surface area contributed by atoms with Crippen LogP contribution in [0, 0.1) is 0 Å². The number of alkyl halides is 3. The second-order valence-electron chi connectivity index (χ2n) is 4.11. The van der Waals surface area contributed by atoms with E-state index in [0.717, 1.165) is 18.4 Å². The fraction of sp³-hybridized carbons (Fsp3) is 0.667. The van der Waals surface area contributed by atoms with E-state index in [4.69, 9.17) is 4.74 Å². The highest BCUT2D eigenvalue weighted by Crippen LogP contribution is 2.20. The molecule has 0 aromatic carbocycles. The quantitative estimate of drug-likeness (QED) is 0.600. The Hall–Kier alpha value is -0.770. The molecule has 1 atom stereocenters. The molecule has 0 amide bonds. The normalized spacial score (nSPS) is 13.6. The Morgan fingerprint density at radius 2 is 1.81 bits per heavy atom. The zero-order chi connectivity index (χ0) is 12.8. The molecule has 0 bridgehead atoms. The van der Waals surface area contributed by atoms with Crippen molar-refractivity contribution in [3.8, 4) is 0 Å². The maximum absolute atomic E-state index is 12.0. The van der Waals surface area contributed by atoms with Gasteiger partial charge in [-0.2, -0.15) is 13.2 Å². The van der Waals surface area contributed by atoms with Gasteiger partial charge in [0.2, 0.25) is 0 Å². The Morgan fingerprint density at radius 3 is 2.19 bits per heavy atom. The summed E-state index contributed by atoms with van der Waals surface area (Å²) in [5, 5.41) is 0. The lowest BCUT2D eigenvalue weighted by Gasteiger charge is -2.19. The summed E-state index contributed by atoms with van der Waals surface area (Å²) in [6.07, 6.45) is -2.66. The summed E-state index contributed by atoms with van der Waals surface area (Å²) < 4.78 is 40.7. The molecule has 1 unspecified atom stereocenters. The lowest BCUT2D eigenvalue weighted by Crippen LogP contribution is -2.24. The van der Waals surface area contributed by atoms with Crippen molar-refractivity contribution in [1.29, 1.82) is 0 Å². The van der Waals surface area contributed by atoms with Gasteiger partial charge in [0, 0.05) is 0 Å². The Bertz CT molecular complexity index is 243. The van der Waals surface area contributed by atoms with Crippen LogP contribution in [0.3, 0.4) is 0 Å². The van der Waals surface area contributed by atoms with Crippen molar-refractivity contribution in [1.82, 2.24) is 0 Å². The van der Waals surface area contributed by atoms with Crippen LogP contribution < -0.4 is 0 Å². The van der Waals surface area contributed by atoms with Crippen molar-refractivity contribution in [2.75, 3.05) is 6.61 Å². The third kappa shape index (κ3) is 8.53. The molecule has 0 saturated heterocycles. The number of hydrogen-bond donors (Lipinski definition) is 0. The molecule has 0 fully saturated rings. The van der Waals surface area contributed by atoms with Gasteiger partial charge in [0.15, 0.2) is 0 Å². The molecule has 4 heteroatoms. The van der Waals surface area contributed by atoms with Crippen LogP contribution in [0.2, 0.25) is 0 Å². The van der Waals surface area contributed by atoms with Gasteiger partial charge in [0.05, 0.1) is 6.10 Å². The summed E-state index contributed by atoms with van der Waals surface area (Å²) in [5.41, 5.74) is 1.65. The summed E-state index contributed by atoms with van der Waals surface area (Å²) >= 11 is 0. The highest BCUT2D eigenvalue weighted by atomic mass is 19.4. The van der Waals surface area contributed by atoms with E-state index >= 15 is 0 Å². The highest BCUT2D eigenvalue weighted by molar-refractivity contribution is 4.98.